The molecular formula is C32H32N6O2. The molecule has 40 heavy (non-hydrogen) atoms. The zero-order valence-corrected chi connectivity index (χ0v) is 22.9. The monoisotopic (exact) mass is 532 g/mol. The summed E-state index contributed by atoms with van der Waals surface area (Å²) in [6, 6.07) is 24.2. The number of benzene rings is 2. The van der Waals surface area contributed by atoms with Gasteiger partial charge in [0, 0.05) is 43.1 Å². The van der Waals surface area contributed by atoms with Crippen LogP contribution in [0.5, 0.6) is 0 Å². The van der Waals surface area contributed by atoms with E-state index in [1.807, 2.05) is 48.5 Å². The molecule has 8 nitrogen and oxygen atoms in total. The fourth-order valence-electron chi connectivity index (χ4n) is 5.25. The van der Waals surface area contributed by atoms with Crippen LogP contribution in [0.25, 0.3) is 28.2 Å². The number of nitrogen functional groups attached to an aromatic ring is 1. The summed E-state index contributed by atoms with van der Waals surface area (Å²) < 4.78 is 6.87. The van der Waals surface area contributed by atoms with Gasteiger partial charge in [-0.25, -0.2) is 19.7 Å². The summed E-state index contributed by atoms with van der Waals surface area (Å²) in [6.07, 6.45) is 1.69. The largest absolute Gasteiger partial charge is 0.465 e. The summed E-state index contributed by atoms with van der Waals surface area (Å²) in [6.45, 7) is 7.12. The minimum atomic E-state index is -0.310. The van der Waals surface area contributed by atoms with Crippen LogP contribution in [-0.4, -0.2) is 50.6 Å². The van der Waals surface area contributed by atoms with Crippen LogP contribution < -0.4 is 5.73 Å². The molecule has 8 heteroatoms. The maximum atomic E-state index is 11.7. The van der Waals surface area contributed by atoms with Crippen LogP contribution >= 0.6 is 0 Å². The Labute approximate surface area is 233 Å². The van der Waals surface area contributed by atoms with Crippen molar-refractivity contribution in [3.05, 3.63) is 101 Å². The molecule has 0 unspecified atom stereocenters. The third-order valence-electron chi connectivity index (χ3n) is 7.56. The van der Waals surface area contributed by atoms with E-state index < -0.39 is 0 Å². The van der Waals surface area contributed by atoms with E-state index >= 15 is 0 Å². The number of methoxy groups -OCH3 is 1. The summed E-state index contributed by atoms with van der Waals surface area (Å²) in [5, 5.41) is 0. The molecule has 4 heterocycles. The van der Waals surface area contributed by atoms with Crippen molar-refractivity contribution in [3.8, 4) is 17.1 Å². The van der Waals surface area contributed by atoms with E-state index in [9.17, 15) is 4.79 Å². The van der Waals surface area contributed by atoms with E-state index in [-0.39, 0.29) is 5.97 Å². The summed E-state index contributed by atoms with van der Waals surface area (Å²) in [5.74, 6) is 1.63. The molecule has 0 saturated carbocycles. The Bertz CT molecular complexity index is 1670. The quantitative estimate of drug-likeness (QED) is 0.273. The summed E-state index contributed by atoms with van der Waals surface area (Å²) >= 11 is 0. The highest BCUT2D eigenvalue weighted by Crippen LogP contribution is 2.33. The van der Waals surface area contributed by atoms with Gasteiger partial charge in [-0.1, -0.05) is 38.1 Å². The first-order chi connectivity index (χ1) is 19.4. The molecule has 1 aliphatic heterocycles. The number of nitrogens with zero attached hydrogens (tertiary/aromatic N) is 5. The van der Waals surface area contributed by atoms with Gasteiger partial charge in [-0.15, -0.1) is 0 Å². The molecular weight excluding hydrogens is 500 g/mol. The van der Waals surface area contributed by atoms with Crippen molar-refractivity contribution in [2.45, 2.75) is 32.2 Å². The lowest BCUT2D eigenvalue weighted by Crippen LogP contribution is -2.44. The van der Waals surface area contributed by atoms with E-state index in [1.54, 1.807) is 6.20 Å². The van der Waals surface area contributed by atoms with Crippen molar-refractivity contribution in [3.63, 3.8) is 0 Å². The predicted octanol–water partition coefficient (Wildman–Crippen LogP) is 5.57. The lowest BCUT2D eigenvalue weighted by Gasteiger charge is -2.39. The van der Waals surface area contributed by atoms with Crippen LogP contribution in [-0.2, 0) is 11.3 Å². The molecule has 0 atom stereocenters. The molecule has 2 N–H and O–H groups in total. The van der Waals surface area contributed by atoms with E-state index in [1.165, 1.54) is 18.2 Å². The van der Waals surface area contributed by atoms with Crippen molar-refractivity contribution in [2.24, 2.45) is 0 Å². The molecule has 6 rings (SSSR count). The van der Waals surface area contributed by atoms with Crippen LogP contribution in [0.4, 0.5) is 5.82 Å². The molecule has 202 valence electrons. The van der Waals surface area contributed by atoms with Gasteiger partial charge in [0.15, 0.2) is 11.5 Å². The second kappa shape index (κ2) is 10.5. The molecule has 2 aromatic carbocycles. The van der Waals surface area contributed by atoms with Gasteiger partial charge in [-0.2, -0.15) is 0 Å². The number of imidazole rings is 1. The lowest BCUT2D eigenvalue weighted by atomic mass is 9.91. The summed E-state index contributed by atoms with van der Waals surface area (Å²) in [5.41, 5.74) is 13.8. The maximum absolute atomic E-state index is 11.7. The van der Waals surface area contributed by atoms with Crippen LogP contribution in [0.2, 0.25) is 0 Å². The molecule has 3 aromatic heterocycles. The second-order valence-electron chi connectivity index (χ2n) is 10.6. The number of ether oxygens (including phenoxy) is 1. The van der Waals surface area contributed by atoms with E-state index in [0.29, 0.717) is 23.2 Å². The zero-order valence-electron chi connectivity index (χ0n) is 22.9. The normalized spacial score (nSPS) is 14.0. The Hall–Kier alpha value is -4.56. The molecule has 0 aliphatic carbocycles. The fraction of sp³-hybridized carbons (Fsp3) is 0.250. The van der Waals surface area contributed by atoms with Gasteiger partial charge in [0.2, 0.25) is 0 Å². The van der Waals surface area contributed by atoms with Gasteiger partial charge in [-0.05, 0) is 65.6 Å². The number of rotatable bonds is 7. The second-order valence-corrected chi connectivity index (χ2v) is 10.6. The fourth-order valence-corrected chi connectivity index (χ4v) is 5.25. The van der Waals surface area contributed by atoms with Gasteiger partial charge in [-0.3, -0.25) is 9.47 Å². The Balaban J connectivity index is 1.24. The van der Waals surface area contributed by atoms with Crippen molar-refractivity contribution in [1.82, 2.24) is 24.4 Å². The number of esters is 1. The molecule has 0 spiro atoms. The average Bonchev–Trinajstić information content (AvgIpc) is 3.33. The van der Waals surface area contributed by atoms with E-state index in [2.05, 4.69) is 52.6 Å². The molecule has 5 aromatic rings. The number of pyridine rings is 2. The number of nitrogens with two attached hydrogens (primary N) is 1. The molecule has 1 saturated heterocycles. The maximum Gasteiger partial charge on any atom is 0.337 e. The zero-order chi connectivity index (χ0) is 27.8. The number of likely N-dealkylation sites (tertiary alicyclic amines) is 1. The SMILES string of the molecule is COC(=O)c1ccc(CN2CC(c3ccc(-n4c(-c5cccnc5N)nc5ccc(C(C)C)nc54)cc3)C2)cc1. The number of fused-ring (bicyclic) bond motifs is 1. The highest BCUT2D eigenvalue weighted by atomic mass is 16.5. The van der Waals surface area contributed by atoms with Crippen LogP contribution in [0.3, 0.4) is 0 Å². The van der Waals surface area contributed by atoms with E-state index in [4.69, 9.17) is 20.4 Å². The van der Waals surface area contributed by atoms with Gasteiger partial charge in [0.1, 0.15) is 11.3 Å². The Morgan fingerprint density at radius 2 is 1.75 bits per heavy atom. The number of hydrogen-bond acceptors (Lipinski definition) is 7. The first-order valence-electron chi connectivity index (χ1n) is 13.5. The highest BCUT2D eigenvalue weighted by molar-refractivity contribution is 5.89. The third kappa shape index (κ3) is 4.82. The number of hydrogen-bond donors (Lipinski definition) is 1. The molecule has 1 fully saturated rings. The van der Waals surface area contributed by atoms with Crippen LogP contribution in [0.1, 0.15) is 52.9 Å². The summed E-state index contributed by atoms with van der Waals surface area (Å²) in [7, 11) is 1.40. The minimum absolute atomic E-state index is 0.300. The van der Waals surface area contributed by atoms with Crippen LogP contribution in [0.15, 0.2) is 79.0 Å². The Morgan fingerprint density at radius 3 is 2.42 bits per heavy atom. The number of carbonyl (C=O) groups excluding carboxylic acids is 1. The van der Waals surface area contributed by atoms with Crippen molar-refractivity contribution in [2.75, 3.05) is 25.9 Å². The van der Waals surface area contributed by atoms with Gasteiger partial charge >= 0.3 is 5.97 Å². The number of aromatic nitrogens is 4. The Morgan fingerprint density at radius 1 is 1.00 bits per heavy atom. The average molecular weight is 533 g/mol. The molecule has 0 amide bonds. The first-order valence-corrected chi connectivity index (χ1v) is 13.5. The topological polar surface area (TPSA) is 99.2 Å². The van der Waals surface area contributed by atoms with Gasteiger partial charge < -0.3 is 10.5 Å². The van der Waals surface area contributed by atoms with E-state index in [0.717, 1.165) is 53.6 Å². The number of carbonyl (C=O) groups is 1. The first kappa shape index (κ1) is 25.7. The van der Waals surface area contributed by atoms with Crippen molar-refractivity contribution < 1.29 is 9.53 Å². The highest BCUT2D eigenvalue weighted by Gasteiger charge is 2.28. The third-order valence-corrected chi connectivity index (χ3v) is 7.56. The minimum Gasteiger partial charge on any atom is -0.465 e. The van der Waals surface area contributed by atoms with Gasteiger partial charge in [0.05, 0.1) is 18.2 Å². The lowest BCUT2D eigenvalue weighted by molar-refractivity contribution is 0.0600. The smallest absolute Gasteiger partial charge is 0.337 e. The molecule has 0 bridgehead atoms. The van der Waals surface area contributed by atoms with Crippen LogP contribution in [0, 0.1) is 0 Å². The standard InChI is InChI=1S/C32H32N6O2/c1-20(2)27-14-15-28-31(35-27)38(30(36-28)26-5-4-16-34-29(26)33)25-12-10-22(11-13-25)24-18-37(19-24)17-21-6-8-23(9-7-21)32(39)40-3/h4-16,20,24H,17-19H2,1-3H3,(H2,33,34). The molecule has 0 radical (unpaired) electrons. The van der Waals surface area contributed by atoms with Gasteiger partial charge in [0.25, 0.3) is 0 Å². The predicted molar refractivity (Wildman–Crippen MR) is 156 cm³/mol. The van der Waals surface area contributed by atoms with Crippen molar-refractivity contribution in [1.29, 1.82) is 0 Å². The Kier molecular flexibility index (Phi) is 6.77. The number of anilines is 1. The van der Waals surface area contributed by atoms with Crippen molar-refractivity contribution >= 4 is 23.0 Å². The molecule has 1 aliphatic rings. The summed E-state index contributed by atoms with van der Waals surface area (Å²) in [4.78, 5) is 28.3.